The summed E-state index contributed by atoms with van der Waals surface area (Å²) in [4.78, 5) is 65.7. The first-order chi connectivity index (χ1) is 27.0. The van der Waals surface area contributed by atoms with Crippen LogP contribution in [-0.2, 0) is 38.1 Å². The van der Waals surface area contributed by atoms with E-state index in [4.69, 9.17) is 23.7 Å². The number of fused-ring (bicyclic) bond motifs is 14. The number of phenols is 1. The quantitative estimate of drug-likeness (QED) is 0.145. The molecule has 0 saturated heterocycles. The number of carbonyl (C=O) groups is 5. The van der Waals surface area contributed by atoms with Crippen LogP contribution in [0.25, 0.3) is 5.57 Å². The van der Waals surface area contributed by atoms with E-state index in [1.807, 2.05) is 0 Å². The fourth-order valence-electron chi connectivity index (χ4n) is 7.67. The molecule has 9 atom stereocenters. The lowest BCUT2D eigenvalue weighted by atomic mass is 9.75. The van der Waals surface area contributed by atoms with E-state index in [0.717, 1.165) is 21.0 Å². The van der Waals surface area contributed by atoms with Crippen LogP contribution in [0.1, 0.15) is 83.8 Å². The van der Waals surface area contributed by atoms with Crippen LogP contribution in [0.4, 0.5) is 5.69 Å². The summed E-state index contributed by atoms with van der Waals surface area (Å²) in [6.45, 7) is 13.5. The van der Waals surface area contributed by atoms with Crippen molar-refractivity contribution in [2.75, 3.05) is 19.2 Å². The molecule has 0 fully saturated rings. The first-order valence-corrected chi connectivity index (χ1v) is 18.7. The zero-order chi connectivity index (χ0) is 43.7. The Morgan fingerprint density at radius 2 is 1.50 bits per heavy atom. The number of hydrogen-bond acceptors (Lipinski definition) is 15. The number of aromatic hydroxyl groups is 1. The van der Waals surface area contributed by atoms with E-state index in [-0.39, 0.29) is 61.9 Å². The smallest absolute Gasteiger partial charge is 0.313 e. The standard InChI is InChI=1S/C42H53NO15/c1-17-13-12-14-18(2)40(51)43-30-20(4)38(58-25(9)45)26-27(34(30)49)31(46)22(6)37-28(26)36(55-16-56-37)19(3)15-42(10,53)39(50)23(7)33(48)29(41(52)54-11)32(47)21(5)35(17)57-24(8)44/h12-15,17,21,23,29,32-33,35,39,47-50,53H,16H2,1-11H3,(H,43,51)/b13-12+,18-14-,19-15-/t17-,21+,23+,29-,32-,33-,35-,39-,42-/m1/s1. The number of aliphatic hydroxyl groups excluding tert-OH is 3. The van der Waals surface area contributed by atoms with Crippen LogP contribution in [0, 0.1) is 30.6 Å². The van der Waals surface area contributed by atoms with E-state index in [9.17, 15) is 49.5 Å². The molecule has 0 saturated carbocycles. The summed E-state index contributed by atoms with van der Waals surface area (Å²) in [5, 5.41) is 61.2. The Bertz CT molecular complexity index is 2040. The molecule has 58 heavy (non-hydrogen) atoms. The molecule has 1 aromatic carbocycles. The highest BCUT2D eigenvalue weighted by Crippen LogP contribution is 2.53. The maximum Gasteiger partial charge on any atom is 0.313 e. The molecule has 4 aliphatic rings. The molecule has 0 aromatic heterocycles. The average Bonchev–Trinajstić information content (AvgIpc) is 3.16. The molecule has 0 unspecified atom stereocenters. The number of ether oxygens (including phenoxy) is 5. The molecule has 0 radical (unpaired) electrons. The van der Waals surface area contributed by atoms with Gasteiger partial charge in [0.2, 0.25) is 6.79 Å². The summed E-state index contributed by atoms with van der Waals surface area (Å²) in [5.41, 5.74) is -2.47. The second kappa shape index (κ2) is 17.7. The number of benzene rings is 1. The van der Waals surface area contributed by atoms with Crippen LogP contribution in [-0.4, -0.2) is 99.1 Å². The van der Waals surface area contributed by atoms with Gasteiger partial charge in [0, 0.05) is 53.9 Å². The van der Waals surface area contributed by atoms with Gasteiger partial charge in [-0.25, -0.2) is 0 Å². The molecular weight excluding hydrogens is 758 g/mol. The van der Waals surface area contributed by atoms with E-state index in [0.29, 0.717) is 0 Å². The summed E-state index contributed by atoms with van der Waals surface area (Å²) in [6, 6.07) is 0. The zero-order valence-corrected chi connectivity index (χ0v) is 34.5. The molecule has 5 rings (SSSR count). The fraction of sp³-hybridized carbons (Fsp3) is 0.500. The zero-order valence-electron chi connectivity index (χ0n) is 34.5. The summed E-state index contributed by atoms with van der Waals surface area (Å²) < 4.78 is 28.0. The number of Topliss-reactive ketones (excluding diaryl/α,β-unsaturated/α-hetero) is 1. The number of ketones is 1. The van der Waals surface area contributed by atoms with E-state index in [1.165, 1.54) is 66.7 Å². The third-order valence-corrected chi connectivity index (χ3v) is 10.9. The molecule has 1 aliphatic carbocycles. The molecule has 16 nitrogen and oxygen atoms in total. The number of anilines is 1. The Hall–Kier alpha value is -5.29. The van der Waals surface area contributed by atoms with Gasteiger partial charge >= 0.3 is 17.9 Å². The summed E-state index contributed by atoms with van der Waals surface area (Å²) >= 11 is 0. The van der Waals surface area contributed by atoms with Crippen molar-refractivity contribution < 1.29 is 73.2 Å². The van der Waals surface area contributed by atoms with Gasteiger partial charge in [0.05, 0.1) is 42.2 Å². The largest absolute Gasteiger partial charge is 0.505 e. The average molecular weight is 812 g/mol. The van der Waals surface area contributed by atoms with Gasteiger partial charge in [0.25, 0.3) is 5.91 Å². The second-order valence-electron chi connectivity index (χ2n) is 15.3. The van der Waals surface area contributed by atoms with E-state index in [1.54, 1.807) is 13.0 Å². The van der Waals surface area contributed by atoms with Crippen LogP contribution in [0.3, 0.4) is 0 Å². The van der Waals surface area contributed by atoms with Crippen molar-refractivity contribution >= 4 is 40.9 Å². The molecule has 1 aromatic rings. The first kappa shape index (κ1) is 45.4. The van der Waals surface area contributed by atoms with Gasteiger partial charge in [-0.1, -0.05) is 39.0 Å². The first-order valence-electron chi connectivity index (χ1n) is 18.7. The summed E-state index contributed by atoms with van der Waals surface area (Å²) in [6.07, 6.45) is -0.755. The molecule has 4 bridgehead atoms. The highest BCUT2D eigenvalue weighted by atomic mass is 16.7. The normalized spacial score (nSPS) is 32.1. The number of amides is 1. The number of nitrogens with one attached hydrogen (secondary N) is 1. The SMILES string of the molecule is COC(=O)[C@@H]1[C@H](O)[C@H](C)[C@H](OC(C)=O)[C@H](C)/C=C/C=C(/C)C(=O)Nc2c(C)c(OC(C)=O)c3c(c2O)C(=O)C(C)=C2OCOC(=C23)/C(C)=C\[C@@](C)(O)[C@H](O)[C@@H](C)[C@H]1O. The van der Waals surface area contributed by atoms with Gasteiger partial charge in [-0.3, -0.25) is 24.0 Å². The van der Waals surface area contributed by atoms with Crippen molar-refractivity contribution in [3.05, 3.63) is 69.2 Å². The van der Waals surface area contributed by atoms with Crippen LogP contribution >= 0.6 is 0 Å². The third kappa shape index (κ3) is 8.74. The van der Waals surface area contributed by atoms with Crippen molar-refractivity contribution in [2.24, 2.45) is 23.7 Å². The number of hydrogen-bond donors (Lipinski definition) is 6. The van der Waals surface area contributed by atoms with Crippen molar-refractivity contribution in [3.63, 3.8) is 0 Å². The fourth-order valence-corrected chi connectivity index (χ4v) is 7.67. The highest BCUT2D eigenvalue weighted by Gasteiger charge is 2.48. The van der Waals surface area contributed by atoms with Gasteiger partial charge in [0.15, 0.2) is 11.5 Å². The van der Waals surface area contributed by atoms with Crippen molar-refractivity contribution in [2.45, 2.75) is 99.3 Å². The van der Waals surface area contributed by atoms with Gasteiger partial charge in [0.1, 0.15) is 34.9 Å². The molecular formula is C42H53NO15. The Morgan fingerprint density at radius 1 is 0.897 bits per heavy atom. The monoisotopic (exact) mass is 811 g/mol. The van der Waals surface area contributed by atoms with Gasteiger partial charge in [-0.05, 0) is 46.3 Å². The lowest BCUT2D eigenvalue weighted by Crippen LogP contribution is -2.53. The third-order valence-electron chi connectivity index (χ3n) is 10.9. The Kier molecular flexibility index (Phi) is 13.8. The number of aliphatic hydroxyl groups is 4. The van der Waals surface area contributed by atoms with E-state index >= 15 is 0 Å². The minimum atomic E-state index is -2.20. The molecule has 16 heteroatoms. The molecule has 0 spiro atoms. The topological polar surface area (TPSA) is 245 Å². The van der Waals surface area contributed by atoms with Crippen LogP contribution in [0.2, 0.25) is 0 Å². The van der Waals surface area contributed by atoms with E-state index < -0.39 is 95.8 Å². The summed E-state index contributed by atoms with van der Waals surface area (Å²) in [7, 11) is 1.05. The Morgan fingerprint density at radius 3 is 2.09 bits per heavy atom. The number of esters is 3. The lowest BCUT2D eigenvalue weighted by molar-refractivity contribution is -0.171. The maximum absolute atomic E-state index is 14.0. The lowest BCUT2D eigenvalue weighted by Gasteiger charge is -2.39. The summed E-state index contributed by atoms with van der Waals surface area (Å²) in [5.74, 6) is -9.54. The molecule has 3 aliphatic heterocycles. The number of allylic oxidation sites excluding steroid dienone is 5. The Balaban J connectivity index is 2.08. The number of carbonyl (C=O) groups excluding carboxylic acids is 5. The van der Waals surface area contributed by atoms with Crippen molar-refractivity contribution in [1.29, 1.82) is 0 Å². The van der Waals surface area contributed by atoms with Crippen LogP contribution in [0.5, 0.6) is 11.5 Å². The number of phenolic OH excluding ortho intramolecular Hbond substituents is 1. The molecule has 3 heterocycles. The predicted octanol–water partition coefficient (Wildman–Crippen LogP) is 3.68. The second-order valence-corrected chi connectivity index (χ2v) is 15.3. The van der Waals surface area contributed by atoms with Crippen LogP contribution < -0.4 is 10.1 Å². The van der Waals surface area contributed by atoms with Crippen LogP contribution in [0.15, 0.2) is 52.5 Å². The number of rotatable bonds is 3. The molecule has 6 N–H and O–H groups in total. The van der Waals surface area contributed by atoms with Gasteiger partial charge in [-0.2, -0.15) is 0 Å². The van der Waals surface area contributed by atoms with E-state index in [2.05, 4.69) is 5.32 Å². The minimum absolute atomic E-state index is 0.00899. The number of methoxy groups -OCH3 is 1. The maximum atomic E-state index is 14.0. The molecule has 316 valence electrons. The van der Waals surface area contributed by atoms with Crippen molar-refractivity contribution in [1.82, 2.24) is 0 Å². The Labute approximate surface area is 336 Å². The van der Waals surface area contributed by atoms with Gasteiger partial charge < -0.3 is 54.5 Å². The highest BCUT2D eigenvalue weighted by molar-refractivity contribution is 6.21. The minimum Gasteiger partial charge on any atom is -0.505 e. The molecule has 1 amide bonds. The predicted molar refractivity (Wildman–Crippen MR) is 208 cm³/mol. The van der Waals surface area contributed by atoms with Gasteiger partial charge in [-0.15, -0.1) is 0 Å². The van der Waals surface area contributed by atoms with Crippen molar-refractivity contribution in [3.8, 4) is 11.5 Å².